The second-order valence-corrected chi connectivity index (χ2v) is 2.29. The van der Waals surface area contributed by atoms with Crippen LogP contribution in [-0.4, -0.2) is 6.61 Å². The van der Waals surface area contributed by atoms with Gasteiger partial charge in [0.2, 0.25) is 0 Å². The minimum atomic E-state index is 0. The van der Waals surface area contributed by atoms with Crippen molar-refractivity contribution in [2.45, 2.75) is 26.7 Å². The molecule has 0 aromatic carbocycles. The maximum Gasteiger partial charge on any atom is 4.00 e. The van der Waals surface area contributed by atoms with Crippen LogP contribution < -0.4 is 5.11 Å². The summed E-state index contributed by atoms with van der Waals surface area (Å²) in [6.45, 7) is 6.57. The first kappa shape index (κ1) is 21.0. The molecular formula is C14H20OTi. The Morgan fingerprint density at radius 3 is 1.44 bits per heavy atom. The minimum absolute atomic E-state index is 0. The van der Waals surface area contributed by atoms with Crippen LogP contribution in [0.2, 0.25) is 0 Å². The molecule has 86 valence electrons. The van der Waals surface area contributed by atoms with Crippen LogP contribution in [0.15, 0.2) is 36.5 Å². The quantitative estimate of drug-likeness (QED) is 0.480. The van der Waals surface area contributed by atoms with Crippen LogP contribution in [0.3, 0.4) is 0 Å². The van der Waals surface area contributed by atoms with Crippen molar-refractivity contribution in [3.05, 3.63) is 55.5 Å². The molecule has 1 nitrogen and oxygen atoms in total. The fourth-order valence-corrected chi connectivity index (χ4v) is 0.680. The Hall–Kier alpha value is -0.366. The molecule has 0 bridgehead atoms. The van der Waals surface area contributed by atoms with Crippen molar-refractivity contribution in [3.8, 4) is 0 Å². The summed E-state index contributed by atoms with van der Waals surface area (Å²) in [4.78, 5) is 0. The summed E-state index contributed by atoms with van der Waals surface area (Å²) in [5.41, 5.74) is 0. The van der Waals surface area contributed by atoms with E-state index in [4.69, 9.17) is 5.11 Å². The van der Waals surface area contributed by atoms with E-state index >= 15 is 0 Å². The zero-order chi connectivity index (χ0) is 11.8. The maximum atomic E-state index is 8.93. The number of rotatable bonds is 0. The molecule has 16 heavy (non-hydrogen) atoms. The first-order valence-electron chi connectivity index (χ1n) is 5.14. The number of allylic oxidation sites excluding steroid dienone is 8. The molecule has 0 fully saturated rings. The van der Waals surface area contributed by atoms with Crippen molar-refractivity contribution in [2.75, 3.05) is 6.61 Å². The van der Waals surface area contributed by atoms with Gasteiger partial charge >= 0.3 is 21.7 Å². The predicted octanol–water partition coefficient (Wildman–Crippen LogP) is 2.82. The predicted molar refractivity (Wildman–Crippen MR) is 64.7 cm³/mol. The van der Waals surface area contributed by atoms with Crippen LogP contribution >= 0.6 is 0 Å². The van der Waals surface area contributed by atoms with Gasteiger partial charge in [0.15, 0.2) is 0 Å². The topological polar surface area (TPSA) is 23.1 Å². The molecule has 0 aliphatic heterocycles. The van der Waals surface area contributed by atoms with Gasteiger partial charge in [0.05, 0.1) is 0 Å². The molecule has 0 aromatic rings. The zero-order valence-corrected chi connectivity index (χ0v) is 11.8. The second-order valence-electron chi connectivity index (χ2n) is 2.29. The van der Waals surface area contributed by atoms with Crippen molar-refractivity contribution >= 4 is 0 Å². The smallest absolute Gasteiger partial charge is 0.855 e. The fraction of sp³-hybridized carbons (Fsp3) is 0.357. The van der Waals surface area contributed by atoms with Gasteiger partial charge in [0.1, 0.15) is 0 Å². The Kier molecular flexibility index (Phi) is 31.5. The van der Waals surface area contributed by atoms with Gasteiger partial charge in [-0.15, -0.1) is 19.4 Å². The Morgan fingerprint density at radius 2 is 1.38 bits per heavy atom. The van der Waals surface area contributed by atoms with Crippen LogP contribution in [-0.2, 0) is 21.7 Å². The van der Waals surface area contributed by atoms with Crippen molar-refractivity contribution < 1.29 is 26.8 Å². The van der Waals surface area contributed by atoms with E-state index in [1.165, 1.54) is 0 Å². The van der Waals surface area contributed by atoms with E-state index in [2.05, 4.69) is 31.2 Å². The van der Waals surface area contributed by atoms with Crippen molar-refractivity contribution in [1.29, 1.82) is 0 Å². The summed E-state index contributed by atoms with van der Waals surface area (Å²) in [7, 11) is 0. The summed E-state index contributed by atoms with van der Waals surface area (Å²) < 4.78 is 0. The van der Waals surface area contributed by atoms with Crippen molar-refractivity contribution in [3.63, 3.8) is 0 Å². The summed E-state index contributed by atoms with van der Waals surface area (Å²) in [6.07, 6.45) is 20.0. The Balaban J connectivity index is -0.000000147. The standard InChI is InChI=1S/2C5H5.C2H5O.C2H5.Ti/c2*1-2-4-5-3-1;1-2-3;1-2;/h2*1-3H,4H2;2H2,1H3;1H2,2H3;/q4*-1;+4. The van der Waals surface area contributed by atoms with Crippen LogP contribution in [0, 0.1) is 19.1 Å². The van der Waals surface area contributed by atoms with E-state index in [0.717, 1.165) is 12.8 Å². The summed E-state index contributed by atoms with van der Waals surface area (Å²) >= 11 is 0. The van der Waals surface area contributed by atoms with Gasteiger partial charge in [-0.25, -0.2) is 24.3 Å². The third-order valence-corrected chi connectivity index (χ3v) is 1.17. The van der Waals surface area contributed by atoms with Gasteiger partial charge < -0.3 is 12.0 Å². The molecule has 0 heterocycles. The second kappa shape index (κ2) is 24.1. The molecule has 2 rings (SSSR count). The molecule has 2 aliphatic carbocycles. The molecular weight excluding hydrogens is 232 g/mol. The van der Waals surface area contributed by atoms with Crippen molar-refractivity contribution in [1.82, 2.24) is 0 Å². The summed E-state index contributed by atoms with van der Waals surface area (Å²) in [5, 5.41) is 8.93. The molecule has 0 radical (unpaired) electrons. The number of hydrogen-bond acceptors (Lipinski definition) is 1. The zero-order valence-electron chi connectivity index (χ0n) is 10.2. The van der Waals surface area contributed by atoms with E-state index in [0.29, 0.717) is 0 Å². The third-order valence-electron chi connectivity index (χ3n) is 1.17. The van der Waals surface area contributed by atoms with Gasteiger partial charge in [-0.1, -0.05) is 6.92 Å². The average molecular weight is 252 g/mol. The van der Waals surface area contributed by atoms with Crippen LogP contribution in [0.4, 0.5) is 0 Å². The molecule has 0 amide bonds. The molecule has 0 N–H and O–H groups in total. The average Bonchev–Trinajstić information content (AvgIpc) is 3.01. The van der Waals surface area contributed by atoms with Crippen LogP contribution in [0.5, 0.6) is 0 Å². The minimum Gasteiger partial charge on any atom is -0.855 e. The molecule has 2 aliphatic rings. The fourth-order valence-electron chi connectivity index (χ4n) is 0.680. The summed E-state index contributed by atoms with van der Waals surface area (Å²) in [6, 6.07) is 0. The Labute approximate surface area is 116 Å². The largest absolute Gasteiger partial charge is 4.00 e. The van der Waals surface area contributed by atoms with E-state index in [1.807, 2.05) is 24.3 Å². The van der Waals surface area contributed by atoms with Gasteiger partial charge in [-0.2, -0.15) is 19.1 Å². The first-order valence-corrected chi connectivity index (χ1v) is 5.14. The van der Waals surface area contributed by atoms with E-state index in [1.54, 1.807) is 13.8 Å². The van der Waals surface area contributed by atoms with Crippen LogP contribution in [0.1, 0.15) is 26.7 Å². The monoisotopic (exact) mass is 252 g/mol. The molecule has 0 aromatic heterocycles. The van der Waals surface area contributed by atoms with Gasteiger partial charge in [0, 0.05) is 0 Å². The summed E-state index contributed by atoms with van der Waals surface area (Å²) in [5.74, 6) is 0. The van der Waals surface area contributed by atoms with E-state index < -0.39 is 0 Å². The van der Waals surface area contributed by atoms with Crippen molar-refractivity contribution in [2.24, 2.45) is 0 Å². The molecule has 0 spiro atoms. The maximum absolute atomic E-state index is 8.93. The molecule has 0 atom stereocenters. The molecule has 0 saturated heterocycles. The first-order chi connectivity index (χ1) is 7.41. The normalized spacial score (nSPS) is 12.5. The van der Waals surface area contributed by atoms with E-state index in [-0.39, 0.29) is 28.3 Å². The molecule has 0 saturated carbocycles. The molecule has 2 heteroatoms. The van der Waals surface area contributed by atoms with E-state index in [9.17, 15) is 0 Å². The SMILES string of the molecule is CC[O-].[C-]1=CC=CC1.[C-]1=CC=CC1.[CH2-]C.[Ti+4]. The van der Waals surface area contributed by atoms with Gasteiger partial charge in [-0.05, 0) is 0 Å². The molecule has 0 unspecified atom stereocenters. The third kappa shape index (κ3) is 23.4. The Bertz CT molecular complexity index is 161. The van der Waals surface area contributed by atoms with Gasteiger partial charge in [0.25, 0.3) is 0 Å². The van der Waals surface area contributed by atoms with Gasteiger partial charge in [-0.3, -0.25) is 12.2 Å². The Morgan fingerprint density at radius 1 is 1.06 bits per heavy atom. The van der Waals surface area contributed by atoms with Crippen LogP contribution in [0.25, 0.3) is 0 Å². The number of hydrogen-bond donors (Lipinski definition) is 0.